The molecule has 0 aliphatic rings. The van der Waals surface area contributed by atoms with Crippen molar-refractivity contribution in [1.82, 2.24) is 20.8 Å². The number of carbonyl (C=O) groups excluding carboxylic acids is 2. The van der Waals surface area contributed by atoms with E-state index in [0.717, 1.165) is 12.1 Å². The summed E-state index contributed by atoms with van der Waals surface area (Å²) in [5, 5.41) is 20.9. The molecule has 0 spiro atoms. The Morgan fingerprint density at radius 1 is 1.23 bits per heavy atom. The number of H-pyrrole nitrogens is 1. The van der Waals surface area contributed by atoms with Crippen LogP contribution in [0.25, 0.3) is 0 Å². The molecule has 4 N–H and O–H groups in total. The Hall–Kier alpha value is -3.23. The minimum atomic E-state index is -1.23. The van der Waals surface area contributed by atoms with Crippen molar-refractivity contribution in [3.8, 4) is 0 Å². The summed E-state index contributed by atoms with van der Waals surface area (Å²) in [6.07, 6.45) is -0.105. The number of aliphatic carboxylic acids is 1. The van der Waals surface area contributed by atoms with Crippen LogP contribution in [-0.2, 0) is 9.59 Å². The number of hydrogen-bond acceptors (Lipinski definition) is 4. The van der Waals surface area contributed by atoms with Gasteiger partial charge in [-0.2, -0.15) is 5.10 Å². The Morgan fingerprint density at radius 3 is 2.42 bits per heavy atom. The molecule has 0 radical (unpaired) electrons. The van der Waals surface area contributed by atoms with E-state index in [9.17, 15) is 23.9 Å². The zero-order chi connectivity index (χ0) is 19.3. The zero-order valence-electron chi connectivity index (χ0n) is 14.3. The molecule has 1 aromatic heterocycles. The lowest BCUT2D eigenvalue weighted by atomic mass is 10.0. The van der Waals surface area contributed by atoms with E-state index in [-0.39, 0.29) is 18.5 Å². The minimum absolute atomic E-state index is 0.0116. The molecule has 1 aromatic carbocycles. The van der Waals surface area contributed by atoms with Crippen LogP contribution in [0.2, 0.25) is 0 Å². The summed E-state index contributed by atoms with van der Waals surface area (Å²) in [6, 6.07) is 3.75. The number of benzene rings is 1. The number of nitrogens with one attached hydrogen (secondary N) is 3. The molecule has 2 aromatic rings. The molecule has 0 fully saturated rings. The van der Waals surface area contributed by atoms with Gasteiger partial charge in [0, 0.05) is 29.8 Å². The fraction of sp³-hybridized carbons (Fsp3) is 0.294. The number of rotatable bonds is 7. The molecule has 0 aliphatic carbocycles. The van der Waals surface area contributed by atoms with Crippen molar-refractivity contribution < 1.29 is 23.9 Å². The van der Waals surface area contributed by atoms with E-state index >= 15 is 0 Å². The Kier molecular flexibility index (Phi) is 6.05. The second kappa shape index (κ2) is 8.24. The third-order valence-corrected chi connectivity index (χ3v) is 3.77. The van der Waals surface area contributed by atoms with Crippen LogP contribution >= 0.6 is 0 Å². The van der Waals surface area contributed by atoms with Crippen molar-refractivity contribution in [2.75, 3.05) is 6.54 Å². The molecule has 0 aliphatic heterocycles. The van der Waals surface area contributed by atoms with Crippen LogP contribution in [0.3, 0.4) is 0 Å². The first-order valence-corrected chi connectivity index (χ1v) is 7.87. The number of aromatic nitrogens is 2. The standard InChI is InChI=1S/C17H19FN4O4/c1-9-14(10(2)22-21-9)15(17(25)26)20-13(23)7-8-19-16(24)11-3-5-12(18)6-4-11/h3-6,15H,7-8H2,1-2H3,(H,19,24)(H,20,23)(H,21,22)(H,25,26)/t15-/m0/s1. The summed E-state index contributed by atoms with van der Waals surface area (Å²) in [6.45, 7) is 3.32. The number of aryl methyl sites for hydroxylation is 2. The molecule has 0 bridgehead atoms. The second-order valence-corrected chi connectivity index (χ2v) is 5.70. The number of halogens is 1. The molecule has 26 heavy (non-hydrogen) atoms. The van der Waals surface area contributed by atoms with Crippen molar-refractivity contribution in [3.05, 3.63) is 52.6 Å². The van der Waals surface area contributed by atoms with Crippen LogP contribution in [0.1, 0.15) is 39.8 Å². The maximum atomic E-state index is 12.8. The molecule has 8 nitrogen and oxygen atoms in total. The molecule has 1 atom stereocenters. The molecule has 0 unspecified atom stereocenters. The van der Waals surface area contributed by atoms with Crippen LogP contribution in [0.4, 0.5) is 4.39 Å². The molecule has 0 saturated carbocycles. The summed E-state index contributed by atoms with van der Waals surface area (Å²) in [4.78, 5) is 35.4. The van der Waals surface area contributed by atoms with Crippen LogP contribution in [0.15, 0.2) is 24.3 Å². The highest BCUT2D eigenvalue weighted by molar-refractivity contribution is 5.94. The topological polar surface area (TPSA) is 124 Å². The van der Waals surface area contributed by atoms with Crippen LogP contribution < -0.4 is 10.6 Å². The lowest BCUT2D eigenvalue weighted by molar-refractivity contribution is -0.142. The van der Waals surface area contributed by atoms with Crippen molar-refractivity contribution in [2.45, 2.75) is 26.3 Å². The number of nitrogens with zero attached hydrogens (tertiary/aromatic N) is 1. The molecule has 138 valence electrons. The van der Waals surface area contributed by atoms with E-state index in [2.05, 4.69) is 20.8 Å². The fourth-order valence-corrected chi connectivity index (χ4v) is 2.47. The summed E-state index contributed by atoms with van der Waals surface area (Å²) >= 11 is 0. The van der Waals surface area contributed by atoms with Crippen LogP contribution in [-0.4, -0.2) is 39.6 Å². The van der Waals surface area contributed by atoms with E-state index < -0.39 is 29.6 Å². The van der Waals surface area contributed by atoms with Crippen LogP contribution in [0, 0.1) is 19.7 Å². The number of amides is 2. The summed E-state index contributed by atoms with van der Waals surface area (Å²) in [5.74, 6) is -2.64. The van der Waals surface area contributed by atoms with Crippen molar-refractivity contribution in [3.63, 3.8) is 0 Å². The number of carboxylic acids is 1. The van der Waals surface area contributed by atoms with E-state index in [1.54, 1.807) is 13.8 Å². The van der Waals surface area contributed by atoms with Crippen molar-refractivity contribution >= 4 is 17.8 Å². The predicted molar refractivity (Wildman–Crippen MR) is 89.9 cm³/mol. The molecular weight excluding hydrogens is 343 g/mol. The van der Waals surface area contributed by atoms with Gasteiger partial charge in [0.1, 0.15) is 5.82 Å². The van der Waals surface area contributed by atoms with Gasteiger partial charge in [-0.25, -0.2) is 9.18 Å². The third-order valence-electron chi connectivity index (χ3n) is 3.77. The maximum absolute atomic E-state index is 12.8. The Bertz CT molecular complexity index is 797. The largest absolute Gasteiger partial charge is 0.479 e. The zero-order valence-corrected chi connectivity index (χ0v) is 14.3. The Labute approximate surface area is 148 Å². The number of carbonyl (C=O) groups is 3. The molecule has 2 amide bonds. The molecule has 1 heterocycles. The highest BCUT2D eigenvalue weighted by Gasteiger charge is 2.27. The van der Waals surface area contributed by atoms with Gasteiger partial charge >= 0.3 is 5.97 Å². The monoisotopic (exact) mass is 362 g/mol. The van der Waals surface area contributed by atoms with Crippen LogP contribution in [0.5, 0.6) is 0 Å². The molecule has 9 heteroatoms. The van der Waals surface area contributed by atoms with Gasteiger partial charge in [0.15, 0.2) is 6.04 Å². The van der Waals surface area contributed by atoms with Gasteiger partial charge in [-0.05, 0) is 38.1 Å². The SMILES string of the molecule is Cc1n[nH]c(C)c1[C@H](NC(=O)CCNC(=O)c1ccc(F)cc1)C(=O)O. The van der Waals surface area contributed by atoms with E-state index in [1.807, 2.05) is 0 Å². The lowest BCUT2D eigenvalue weighted by Crippen LogP contribution is -2.36. The average molecular weight is 362 g/mol. The van der Waals surface area contributed by atoms with E-state index in [4.69, 9.17) is 0 Å². The maximum Gasteiger partial charge on any atom is 0.331 e. The average Bonchev–Trinajstić information content (AvgIpc) is 2.91. The minimum Gasteiger partial charge on any atom is -0.479 e. The number of carboxylic acid groups (broad SMARTS) is 1. The lowest BCUT2D eigenvalue weighted by Gasteiger charge is -2.15. The van der Waals surface area contributed by atoms with Gasteiger partial charge in [-0.15, -0.1) is 0 Å². The first kappa shape index (κ1) is 19.1. The smallest absolute Gasteiger partial charge is 0.331 e. The Balaban J connectivity index is 1.90. The van der Waals surface area contributed by atoms with Gasteiger partial charge in [-0.1, -0.05) is 0 Å². The molecular formula is C17H19FN4O4. The molecule has 0 saturated heterocycles. The normalized spacial score (nSPS) is 11.7. The molecule has 2 rings (SSSR count). The highest BCUT2D eigenvalue weighted by atomic mass is 19.1. The van der Waals surface area contributed by atoms with Gasteiger partial charge in [-0.3, -0.25) is 14.7 Å². The van der Waals surface area contributed by atoms with E-state index in [1.165, 1.54) is 12.1 Å². The summed E-state index contributed by atoms with van der Waals surface area (Å²) < 4.78 is 12.8. The summed E-state index contributed by atoms with van der Waals surface area (Å²) in [5.41, 5.74) is 1.71. The van der Waals surface area contributed by atoms with Gasteiger partial charge in [0.25, 0.3) is 5.91 Å². The number of aromatic amines is 1. The third kappa shape index (κ3) is 4.65. The Morgan fingerprint density at radius 2 is 1.88 bits per heavy atom. The first-order chi connectivity index (χ1) is 12.3. The second-order valence-electron chi connectivity index (χ2n) is 5.70. The van der Waals surface area contributed by atoms with Gasteiger partial charge < -0.3 is 15.7 Å². The highest BCUT2D eigenvalue weighted by Crippen LogP contribution is 2.20. The predicted octanol–water partition coefficient (Wildman–Crippen LogP) is 1.23. The first-order valence-electron chi connectivity index (χ1n) is 7.87. The number of hydrogen-bond donors (Lipinski definition) is 4. The van der Waals surface area contributed by atoms with Gasteiger partial charge in [0.2, 0.25) is 5.91 Å². The quantitative estimate of drug-likeness (QED) is 0.590. The van der Waals surface area contributed by atoms with Gasteiger partial charge in [0.05, 0.1) is 5.69 Å². The van der Waals surface area contributed by atoms with Crippen molar-refractivity contribution in [1.29, 1.82) is 0 Å². The summed E-state index contributed by atoms with van der Waals surface area (Å²) in [7, 11) is 0. The van der Waals surface area contributed by atoms with Crippen molar-refractivity contribution in [2.24, 2.45) is 0 Å². The van der Waals surface area contributed by atoms with E-state index in [0.29, 0.717) is 17.0 Å². The fourth-order valence-electron chi connectivity index (χ4n) is 2.47.